The fourth-order valence-corrected chi connectivity index (χ4v) is 1.79. The van der Waals surface area contributed by atoms with Crippen LogP contribution in [0.2, 0.25) is 0 Å². The van der Waals surface area contributed by atoms with Crippen molar-refractivity contribution in [2.24, 2.45) is 5.92 Å². The highest BCUT2D eigenvalue weighted by Crippen LogP contribution is 2.16. The second kappa shape index (κ2) is 6.70. The number of nitrogens with one attached hydrogen (secondary N) is 2. The summed E-state index contributed by atoms with van der Waals surface area (Å²) in [7, 11) is 0. The monoisotopic (exact) mass is 269 g/mol. The van der Waals surface area contributed by atoms with Gasteiger partial charge in [-0.1, -0.05) is 32.0 Å². The summed E-state index contributed by atoms with van der Waals surface area (Å²) < 4.78 is 0. The van der Waals surface area contributed by atoms with Gasteiger partial charge in [0.25, 0.3) is 0 Å². The van der Waals surface area contributed by atoms with Crippen LogP contribution in [0, 0.1) is 5.92 Å². The number of carbonyl (C=O) groups excluding carboxylic acids is 1. The second-order valence-electron chi connectivity index (χ2n) is 5.07. The van der Waals surface area contributed by atoms with Crippen LogP contribution in [0.4, 0.5) is 17.2 Å². The number of pyridine rings is 1. The number of carbonyl (C=O) groups is 1. The van der Waals surface area contributed by atoms with E-state index in [-0.39, 0.29) is 5.91 Å². The molecule has 0 spiro atoms. The molecule has 20 heavy (non-hydrogen) atoms. The van der Waals surface area contributed by atoms with Gasteiger partial charge in [0.1, 0.15) is 5.82 Å². The fourth-order valence-electron chi connectivity index (χ4n) is 1.79. The predicted octanol–water partition coefficient (Wildman–Crippen LogP) is 3.81. The van der Waals surface area contributed by atoms with Crippen LogP contribution in [-0.2, 0) is 4.79 Å². The Bertz CT molecular complexity index is 550. The molecule has 0 fully saturated rings. The van der Waals surface area contributed by atoms with E-state index in [9.17, 15) is 4.79 Å². The summed E-state index contributed by atoms with van der Waals surface area (Å²) in [6.07, 6.45) is 2.17. The van der Waals surface area contributed by atoms with Crippen LogP contribution >= 0.6 is 0 Å². The zero-order valence-electron chi connectivity index (χ0n) is 11.8. The van der Waals surface area contributed by atoms with Gasteiger partial charge in [0.15, 0.2) is 0 Å². The first-order valence-electron chi connectivity index (χ1n) is 6.71. The van der Waals surface area contributed by atoms with E-state index in [1.54, 1.807) is 6.20 Å². The molecular formula is C16H19N3O. The van der Waals surface area contributed by atoms with Crippen LogP contribution in [0.1, 0.15) is 20.3 Å². The van der Waals surface area contributed by atoms with Crippen LogP contribution in [0.25, 0.3) is 0 Å². The quantitative estimate of drug-likeness (QED) is 0.867. The van der Waals surface area contributed by atoms with E-state index in [0.717, 1.165) is 11.5 Å². The topological polar surface area (TPSA) is 54.0 Å². The third kappa shape index (κ3) is 4.39. The Hall–Kier alpha value is -2.36. The SMILES string of the molecule is CC(C)CC(=O)Nc1ccc(Nc2ccccc2)nc1. The Kier molecular flexibility index (Phi) is 4.71. The van der Waals surface area contributed by atoms with Gasteiger partial charge in [0, 0.05) is 12.1 Å². The maximum Gasteiger partial charge on any atom is 0.224 e. The molecule has 0 aliphatic heterocycles. The lowest BCUT2D eigenvalue weighted by Crippen LogP contribution is -2.13. The molecule has 0 saturated heterocycles. The Balaban J connectivity index is 1.94. The van der Waals surface area contributed by atoms with E-state index >= 15 is 0 Å². The zero-order chi connectivity index (χ0) is 14.4. The average molecular weight is 269 g/mol. The third-order valence-electron chi connectivity index (χ3n) is 2.69. The molecule has 1 amide bonds. The molecule has 0 unspecified atom stereocenters. The lowest BCUT2D eigenvalue weighted by Gasteiger charge is -2.08. The van der Waals surface area contributed by atoms with Gasteiger partial charge in [-0.05, 0) is 30.2 Å². The molecule has 0 saturated carbocycles. The Morgan fingerprint density at radius 2 is 1.85 bits per heavy atom. The standard InChI is InChI=1S/C16H19N3O/c1-12(2)10-16(20)19-14-8-9-15(17-11-14)18-13-6-4-3-5-7-13/h3-9,11-12H,10H2,1-2H3,(H,17,18)(H,19,20). The molecule has 1 aromatic carbocycles. The summed E-state index contributed by atoms with van der Waals surface area (Å²) in [5.41, 5.74) is 1.70. The van der Waals surface area contributed by atoms with Crippen LogP contribution in [0.5, 0.6) is 0 Å². The Labute approximate surface area is 119 Å². The van der Waals surface area contributed by atoms with Gasteiger partial charge in [-0.3, -0.25) is 4.79 Å². The molecule has 0 aliphatic carbocycles. The van der Waals surface area contributed by atoms with Crippen LogP contribution in [-0.4, -0.2) is 10.9 Å². The van der Waals surface area contributed by atoms with Gasteiger partial charge < -0.3 is 10.6 Å². The number of amides is 1. The molecule has 1 aromatic heterocycles. The highest BCUT2D eigenvalue weighted by molar-refractivity contribution is 5.90. The molecule has 104 valence electrons. The average Bonchev–Trinajstić information content (AvgIpc) is 2.41. The van der Waals surface area contributed by atoms with Crippen LogP contribution in [0.15, 0.2) is 48.7 Å². The van der Waals surface area contributed by atoms with Crippen molar-refractivity contribution in [2.75, 3.05) is 10.6 Å². The molecule has 1 heterocycles. The van der Waals surface area contributed by atoms with Crippen molar-refractivity contribution in [3.8, 4) is 0 Å². The molecule has 4 heteroatoms. The maximum atomic E-state index is 11.6. The summed E-state index contributed by atoms with van der Waals surface area (Å²) >= 11 is 0. The zero-order valence-corrected chi connectivity index (χ0v) is 11.8. The largest absolute Gasteiger partial charge is 0.340 e. The van der Waals surface area contributed by atoms with Gasteiger partial charge in [0.05, 0.1) is 11.9 Å². The summed E-state index contributed by atoms with van der Waals surface area (Å²) in [5.74, 6) is 1.12. The third-order valence-corrected chi connectivity index (χ3v) is 2.69. The number of hydrogen-bond acceptors (Lipinski definition) is 3. The smallest absolute Gasteiger partial charge is 0.224 e. The molecular weight excluding hydrogens is 250 g/mol. The van der Waals surface area contributed by atoms with Crippen LogP contribution in [0.3, 0.4) is 0 Å². The highest BCUT2D eigenvalue weighted by Gasteiger charge is 2.05. The first-order valence-corrected chi connectivity index (χ1v) is 6.71. The van der Waals surface area contributed by atoms with E-state index in [0.29, 0.717) is 18.0 Å². The first-order chi connectivity index (χ1) is 9.63. The molecule has 4 nitrogen and oxygen atoms in total. The molecule has 0 aliphatic rings. The van der Waals surface area contributed by atoms with E-state index < -0.39 is 0 Å². The van der Waals surface area contributed by atoms with Gasteiger partial charge >= 0.3 is 0 Å². The Morgan fingerprint density at radius 1 is 1.10 bits per heavy atom. The minimum Gasteiger partial charge on any atom is -0.340 e. The lowest BCUT2D eigenvalue weighted by molar-refractivity contribution is -0.116. The van der Waals surface area contributed by atoms with E-state index in [1.807, 2.05) is 56.3 Å². The van der Waals surface area contributed by atoms with Gasteiger partial charge in [0.2, 0.25) is 5.91 Å². The van der Waals surface area contributed by atoms with Gasteiger partial charge in [-0.25, -0.2) is 4.98 Å². The minimum atomic E-state index is 0.0190. The normalized spacial score (nSPS) is 10.3. The fraction of sp³-hybridized carbons (Fsp3) is 0.250. The van der Waals surface area contributed by atoms with E-state index in [2.05, 4.69) is 15.6 Å². The van der Waals surface area contributed by atoms with Crippen molar-refractivity contribution in [2.45, 2.75) is 20.3 Å². The molecule has 2 rings (SSSR count). The highest BCUT2D eigenvalue weighted by atomic mass is 16.1. The summed E-state index contributed by atoms with van der Waals surface area (Å²) in [4.78, 5) is 15.9. The summed E-state index contributed by atoms with van der Waals surface area (Å²) in [6, 6.07) is 13.5. The van der Waals surface area contributed by atoms with E-state index in [4.69, 9.17) is 0 Å². The Morgan fingerprint density at radius 3 is 2.45 bits per heavy atom. The number of aromatic nitrogens is 1. The van der Waals surface area contributed by atoms with Gasteiger partial charge in [-0.2, -0.15) is 0 Å². The minimum absolute atomic E-state index is 0.0190. The van der Waals surface area contributed by atoms with Crippen molar-refractivity contribution in [3.05, 3.63) is 48.7 Å². The number of benzene rings is 1. The second-order valence-corrected chi connectivity index (χ2v) is 5.07. The summed E-state index contributed by atoms with van der Waals surface area (Å²) in [5, 5.41) is 6.03. The predicted molar refractivity (Wildman–Crippen MR) is 82.0 cm³/mol. The molecule has 0 bridgehead atoms. The van der Waals surface area contributed by atoms with Crippen molar-refractivity contribution < 1.29 is 4.79 Å². The van der Waals surface area contributed by atoms with Crippen molar-refractivity contribution in [1.29, 1.82) is 0 Å². The first kappa shape index (κ1) is 14.1. The van der Waals surface area contributed by atoms with Crippen LogP contribution < -0.4 is 10.6 Å². The molecule has 2 N–H and O–H groups in total. The van der Waals surface area contributed by atoms with Gasteiger partial charge in [-0.15, -0.1) is 0 Å². The van der Waals surface area contributed by atoms with Crippen molar-refractivity contribution in [3.63, 3.8) is 0 Å². The number of anilines is 3. The molecule has 0 radical (unpaired) electrons. The maximum absolute atomic E-state index is 11.6. The van der Waals surface area contributed by atoms with Crippen molar-refractivity contribution >= 4 is 23.1 Å². The number of hydrogen-bond donors (Lipinski definition) is 2. The number of para-hydroxylation sites is 1. The molecule has 0 atom stereocenters. The van der Waals surface area contributed by atoms with Crippen molar-refractivity contribution in [1.82, 2.24) is 4.98 Å². The number of nitrogens with zero attached hydrogens (tertiary/aromatic N) is 1. The van der Waals surface area contributed by atoms with E-state index in [1.165, 1.54) is 0 Å². The summed E-state index contributed by atoms with van der Waals surface area (Å²) in [6.45, 7) is 4.04. The lowest BCUT2D eigenvalue weighted by atomic mass is 10.1. The molecule has 2 aromatic rings. The number of rotatable bonds is 5.